The van der Waals surface area contributed by atoms with Crippen LogP contribution in [0.4, 0.5) is 0 Å². The van der Waals surface area contributed by atoms with Crippen LogP contribution >= 0.6 is 0 Å². The number of amides is 1. The van der Waals surface area contributed by atoms with Crippen LogP contribution in [-0.2, 0) is 11.2 Å². The number of carbonyl (C=O) groups is 1. The van der Waals surface area contributed by atoms with Gasteiger partial charge in [0.05, 0.1) is 0 Å². The fourth-order valence-corrected chi connectivity index (χ4v) is 2.72. The van der Waals surface area contributed by atoms with Gasteiger partial charge in [-0.05, 0) is 51.8 Å². The first-order valence-electron chi connectivity index (χ1n) is 7.67. The molecule has 3 nitrogen and oxygen atoms in total. The fraction of sp³-hybridized carbons (Fsp3) is 0.500. The van der Waals surface area contributed by atoms with Crippen LogP contribution in [0.2, 0.25) is 0 Å². The van der Waals surface area contributed by atoms with Crippen molar-refractivity contribution in [1.29, 1.82) is 0 Å². The Bertz CT molecular complexity index is 491. The topological polar surface area (TPSA) is 32.3 Å². The van der Waals surface area contributed by atoms with Crippen molar-refractivity contribution in [1.82, 2.24) is 10.2 Å². The van der Waals surface area contributed by atoms with Gasteiger partial charge in [-0.2, -0.15) is 0 Å². The molecule has 1 aliphatic carbocycles. The third-order valence-electron chi connectivity index (χ3n) is 4.04. The molecule has 0 aromatic heterocycles. The Balaban J connectivity index is 1.98. The number of hydrogen-bond donors (Lipinski definition) is 1. The Morgan fingerprint density at radius 1 is 1.33 bits per heavy atom. The van der Waals surface area contributed by atoms with Gasteiger partial charge in [-0.15, -0.1) is 0 Å². The predicted molar refractivity (Wildman–Crippen MR) is 87.1 cm³/mol. The van der Waals surface area contributed by atoms with Crippen molar-refractivity contribution in [2.45, 2.75) is 31.7 Å². The van der Waals surface area contributed by atoms with Crippen molar-refractivity contribution in [3.8, 4) is 0 Å². The first kappa shape index (κ1) is 15.8. The highest BCUT2D eigenvalue weighted by atomic mass is 16.1. The minimum absolute atomic E-state index is 0.0159. The maximum Gasteiger partial charge on any atom is 0.244 e. The lowest BCUT2D eigenvalue weighted by atomic mass is 9.87. The maximum atomic E-state index is 12.1. The Hall–Kier alpha value is -1.61. The van der Waals surface area contributed by atoms with Gasteiger partial charge in [-0.25, -0.2) is 0 Å². The number of hydrogen-bond acceptors (Lipinski definition) is 2. The van der Waals surface area contributed by atoms with Gasteiger partial charge in [0, 0.05) is 18.2 Å². The molecule has 1 aromatic rings. The first-order valence-corrected chi connectivity index (χ1v) is 7.67. The lowest BCUT2D eigenvalue weighted by molar-refractivity contribution is -0.118. The van der Waals surface area contributed by atoms with Gasteiger partial charge >= 0.3 is 0 Å². The van der Waals surface area contributed by atoms with E-state index < -0.39 is 0 Å². The van der Waals surface area contributed by atoms with Crippen molar-refractivity contribution < 1.29 is 4.79 Å². The third kappa shape index (κ3) is 5.01. The average Bonchev–Trinajstić information content (AvgIpc) is 3.23. The van der Waals surface area contributed by atoms with Crippen LogP contribution in [-0.4, -0.2) is 37.0 Å². The minimum Gasteiger partial charge on any atom is -0.347 e. The zero-order valence-corrected chi connectivity index (χ0v) is 13.3. The molecule has 1 aliphatic rings. The maximum absolute atomic E-state index is 12.1. The van der Waals surface area contributed by atoms with Crippen molar-refractivity contribution in [2.24, 2.45) is 5.92 Å². The van der Waals surface area contributed by atoms with E-state index in [1.54, 1.807) is 6.08 Å². The van der Waals surface area contributed by atoms with Crippen LogP contribution in [0.15, 0.2) is 42.5 Å². The van der Waals surface area contributed by atoms with Gasteiger partial charge in [-0.1, -0.05) is 36.4 Å². The lowest BCUT2D eigenvalue weighted by Crippen LogP contribution is -2.49. The van der Waals surface area contributed by atoms with E-state index in [9.17, 15) is 4.79 Å². The van der Waals surface area contributed by atoms with Crippen LogP contribution in [0, 0.1) is 5.92 Å². The van der Waals surface area contributed by atoms with Crippen molar-refractivity contribution in [3.05, 3.63) is 48.0 Å². The SMILES string of the molecule is CN(C)C/C=C/C(=O)NC(C)(Cc1ccccc1)C1CC1. The molecule has 0 spiro atoms. The van der Waals surface area contributed by atoms with Crippen LogP contribution in [0.25, 0.3) is 0 Å². The summed E-state index contributed by atoms with van der Waals surface area (Å²) < 4.78 is 0. The largest absolute Gasteiger partial charge is 0.347 e. The summed E-state index contributed by atoms with van der Waals surface area (Å²) in [5.41, 5.74) is 1.14. The molecule has 21 heavy (non-hydrogen) atoms. The van der Waals surface area contributed by atoms with Gasteiger partial charge in [-0.3, -0.25) is 4.79 Å². The third-order valence-corrected chi connectivity index (χ3v) is 4.04. The fourth-order valence-electron chi connectivity index (χ4n) is 2.72. The standard InChI is InChI=1S/C18H26N2O/c1-18(16-11-12-16,14-15-8-5-4-6-9-15)19-17(21)10-7-13-20(2)3/h4-10,16H,11-14H2,1-3H3,(H,19,21)/b10-7+. The second-order valence-electron chi connectivity index (χ2n) is 6.51. The number of rotatable bonds is 7. The van der Waals surface area contributed by atoms with E-state index in [-0.39, 0.29) is 11.4 Å². The van der Waals surface area contributed by atoms with Crippen LogP contribution in [0.5, 0.6) is 0 Å². The van der Waals surface area contributed by atoms with Gasteiger partial charge in [0.15, 0.2) is 0 Å². The molecule has 0 bridgehead atoms. The zero-order valence-electron chi connectivity index (χ0n) is 13.3. The number of nitrogens with one attached hydrogen (secondary N) is 1. The van der Waals surface area contributed by atoms with Gasteiger partial charge in [0.25, 0.3) is 0 Å². The molecule has 1 amide bonds. The van der Waals surface area contributed by atoms with Crippen molar-refractivity contribution in [2.75, 3.05) is 20.6 Å². The zero-order chi connectivity index (χ0) is 15.3. The molecular formula is C18H26N2O. The van der Waals surface area contributed by atoms with Crippen molar-refractivity contribution >= 4 is 5.91 Å². The Labute approximate surface area is 128 Å². The van der Waals surface area contributed by atoms with E-state index in [1.165, 1.54) is 18.4 Å². The molecule has 3 heteroatoms. The van der Waals surface area contributed by atoms with Gasteiger partial charge < -0.3 is 10.2 Å². The Morgan fingerprint density at radius 2 is 2.00 bits per heavy atom. The summed E-state index contributed by atoms with van der Waals surface area (Å²) >= 11 is 0. The van der Waals surface area contributed by atoms with E-state index >= 15 is 0 Å². The van der Waals surface area contributed by atoms with Crippen LogP contribution in [0.1, 0.15) is 25.3 Å². The summed E-state index contributed by atoms with van der Waals surface area (Å²) in [4.78, 5) is 14.2. The molecule has 2 rings (SSSR count). The lowest BCUT2D eigenvalue weighted by Gasteiger charge is -2.31. The molecule has 1 N–H and O–H groups in total. The molecule has 1 unspecified atom stereocenters. The van der Waals surface area contributed by atoms with Gasteiger partial charge in [0.1, 0.15) is 0 Å². The van der Waals surface area contributed by atoms with E-state index in [0.717, 1.165) is 13.0 Å². The molecule has 0 aliphatic heterocycles. The van der Waals surface area contributed by atoms with Crippen LogP contribution in [0.3, 0.4) is 0 Å². The van der Waals surface area contributed by atoms with E-state index in [2.05, 4.69) is 36.5 Å². The highest BCUT2D eigenvalue weighted by Gasteiger charge is 2.42. The quantitative estimate of drug-likeness (QED) is 0.782. The Morgan fingerprint density at radius 3 is 2.57 bits per heavy atom. The smallest absolute Gasteiger partial charge is 0.244 e. The molecule has 114 valence electrons. The minimum atomic E-state index is -0.138. The van der Waals surface area contributed by atoms with Gasteiger partial charge in [0.2, 0.25) is 5.91 Å². The molecular weight excluding hydrogens is 260 g/mol. The predicted octanol–water partition coefficient (Wildman–Crippen LogP) is 2.63. The average molecular weight is 286 g/mol. The highest BCUT2D eigenvalue weighted by Crippen LogP contribution is 2.41. The number of likely N-dealkylation sites (N-methyl/N-ethyl adjacent to an activating group) is 1. The highest BCUT2D eigenvalue weighted by molar-refractivity contribution is 5.88. The second kappa shape index (κ2) is 6.90. The summed E-state index contributed by atoms with van der Waals surface area (Å²) in [6.07, 6.45) is 6.89. The summed E-state index contributed by atoms with van der Waals surface area (Å²) in [6.45, 7) is 2.96. The molecule has 0 heterocycles. The second-order valence-corrected chi connectivity index (χ2v) is 6.51. The summed E-state index contributed by atoms with van der Waals surface area (Å²) in [6, 6.07) is 10.4. The van der Waals surface area contributed by atoms with E-state index in [4.69, 9.17) is 0 Å². The normalized spacial score (nSPS) is 17.9. The first-order chi connectivity index (χ1) is 9.99. The monoisotopic (exact) mass is 286 g/mol. The molecule has 1 atom stereocenters. The summed E-state index contributed by atoms with van der Waals surface area (Å²) in [5.74, 6) is 0.617. The molecule has 0 radical (unpaired) electrons. The molecule has 1 saturated carbocycles. The van der Waals surface area contributed by atoms with Crippen LogP contribution < -0.4 is 5.32 Å². The Kier molecular flexibility index (Phi) is 5.18. The molecule has 1 aromatic carbocycles. The molecule has 0 saturated heterocycles. The number of carbonyl (C=O) groups excluding carboxylic acids is 1. The van der Waals surface area contributed by atoms with E-state index in [0.29, 0.717) is 5.92 Å². The number of nitrogens with zero attached hydrogens (tertiary/aromatic N) is 1. The van der Waals surface area contributed by atoms with E-state index in [1.807, 2.05) is 31.1 Å². The summed E-state index contributed by atoms with van der Waals surface area (Å²) in [5, 5.41) is 3.23. The number of benzene rings is 1. The van der Waals surface area contributed by atoms with Crippen molar-refractivity contribution in [3.63, 3.8) is 0 Å². The molecule has 1 fully saturated rings. The summed E-state index contributed by atoms with van der Waals surface area (Å²) in [7, 11) is 3.98.